The van der Waals surface area contributed by atoms with Gasteiger partial charge in [-0.05, 0) is 23.8 Å². The number of hydrogen-bond donors (Lipinski definition) is 2. The molecular formula is C14H13ClFNOS. The average molecular weight is 298 g/mol. The Labute approximate surface area is 120 Å². The molecule has 100 valence electrons. The minimum absolute atomic E-state index is 0.0753. The molecule has 2 aromatic rings. The third-order valence-corrected chi connectivity index (χ3v) is 4.43. The number of nitrogens with two attached hydrogens (primary N) is 1. The highest BCUT2D eigenvalue weighted by Crippen LogP contribution is 2.38. The molecule has 0 saturated heterocycles. The van der Waals surface area contributed by atoms with E-state index in [2.05, 4.69) is 0 Å². The van der Waals surface area contributed by atoms with Crippen molar-refractivity contribution in [3.05, 3.63) is 58.4 Å². The molecule has 0 fully saturated rings. The zero-order valence-corrected chi connectivity index (χ0v) is 11.6. The molecule has 0 spiro atoms. The van der Waals surface area contributed by atoms with E-state index in [1.54, 1.807) is 0 Å². The topological polar surface area (TPSA) is 46.2 Å². The summed E-state index contributed by atoms with van der Waals surface area (Å²) < 4.78 is 13.7. The number of benzene rings is 2. The third kappa shape index (κ3) is 3.09. The predicted octanol–water partition coefficient (Wildman–Crippen LogP) is 3.58. The molecule has 2 rings (SSSR count). The Hall–Kier alpha value is -1.07. The van der Waals surface area contributed by atoms with Gasteiger partial charge in [-0.2, -0.15) is 0 Å². The zero-order chi connectivity index (χ0) is 13.8. The predicted molar refractivity (Wildman–Crippen MR) is 75.8 cm³/mol. The first-order chi connectivity index (χ1) is 9.17. The maximum Gasteiger partial charge on any atom is 0.128 e. The van der Waals surface area contributed by atoms with E-state index in [4.69, 9.17) is 17.3 Å². The summed E-state index contributed by atoms with van der Waals surface area (Å²) in [6, 6.07) is 10.2. The lowest BCUT2D eigenvalue weighted by Gasteiger charge is -2.12. The second-order valence-corrected chi connectivity index (χ2v) is 5.37. The standard InChI is InChI=1S/C14H13ClFNOS/c15-11-5-6-12(16)10(7-17)14(11)19-13-4-2-1-3-9(13)8-18/h1-6,18H,7-8,17H2. The normalized spacial score (nSPS) is 10.7. The van der Waals surface area contributed by atoms with Crippen molar-refractivity contribution in [2.24, 2.45) is 5.73 Å². The lowest BCUT2D eigenvalue weighted by molar-refractivity contribution is 0.279. The Morgan fingerprint density at radius 3 is 2.63 bits per heavy atom. The van der Waals surface area contributed by atoms with E-state index in [9.17, 15) is 9.50 Å². The summed E-state index contributed by atoms with van der Waals surface area (Å²) in [5.74, 6) is -0.365. The van der Waals surface area contributed by atoms with Crippen LogP contribution in [0.3, 0.4) is 0 Å². The highest BCUT2D eigenvalue weighted by atomic mass is 35.5. The van der Waals surface area contributed by atoms with Crippen LogP contribution in [0.4, 0.5) is 4.39 Å². The first-order valence-electron chi connectivity index (χ1n) is 5.71. The second kappa shape index (κ2) is 6.39. The molecule has 3 N–H and O–H groups in total. The van der Waals surface area contributed by atoms with Crippen LogP contribution in [0, 0.1) is 5.82 Å². The van der Waals surface area contributed by atoms with E-state index in [0.717, 1.165) is 10.5 Å². The molecule has 5 heteroatoms. The number of hydrogen-bond acceptors (Lipinski definition) is 3. The fourth-order valence-electron chi connectivity index (χ4n) is 1.72. The summed E-state index contributed by atoms with van der Waals surface area (Å²) in [7, 11) is 0. The van der Waals surface area contributed by atoms with Crippen molar-refractivity contribution < 1.29 is 9.50 Å². The van der Waals surface area contributed by atoms with Crippen molar-refractivity contribution in [2.45, 2.75) is 22.9 Å². The van der Waals surface area contributed by atoms with Crippen molar-refractivity contribution in [3.8, 4) is 0 Å². The zero-order valence-electron chi connectivity index (χ0n) is 10.1. The summed E-state index contributed by atoms with van der Waals surface area (Å²) in [5.41, 5.74) is 6.75. The second-order valence-electron chi connectivity index (χ2n) is 3.91. The van der Waals surface area contributed by atoms with Gasteiger partial charge in [0, 0.05) is 21.9 Å². The molecule has 19 heavy (non-hydrogen) atoms. The number of halogens is 2. The monoisotopic (exact) mass is 297 g/mol. The molecule has 0 aliphatic heterocycles. The fourth-order valence-corrected chi connectivity index (χ4v) is 3.11. The molecule has 0 heterocycles. The summed E-state index contributed by atoms with van der Waals surface area (Å²) in [6.07, 6.45) is 0. The Morgan fingerprint density at radius 1 is 1.21 bits per heavy atom. The minimum atomic E-state index is -0.365. The smallest absolute Gasteiger partial charge is 0.128 e. The molecule has 0 aliphatic carbocycles. The highest BCUT2D eigenvalue weighted by Gasteiger charge is 2.14. The largest absolute Gasteiger partial charge is 0.392 e. The van der Waals surface area contributed by atoms with Crippen LogP contribution in [0.5, 0.6) is 0 Å². The van der Waals surface area contributed by atoms with E-state index in [1.807, 2.05) is 24.3 Å². The van der Waals surface area contributed by atoms with E-state index in [0.29, 0.717) is 15.5 Å². The van der Waals surface area contributed by atoms with Crippen molar-refractivity contribution in [1.82, 2.24) is 0 Å². The molecule has 2 nitrogen and oxygen atoms in total. The van der Waals surface area contributed by atoms with Gasteiger partial charge in [-0.1, -0.05) is 41.6 Å². The molecule has 0 radical (unpaired) electrons. The minimum Gasteiger partial charge on any atom is -0.392 e. The van der Waals surface area contributed by atoms with Crippen molar-refractivity contribution in [1.29, 1.82) is 0 Å². The SMILES string of the molecule is NCc1c(F)ccc(Cl)c1Sc1ccccc1CO. The third-order valence-electron chi connectivity index (χ3n) is 2.71. The molecule has 0 aliphatic rings. The molecule has 0 unspecified atom stereocenters. The first-order valence-corrected chi connectivity index (χ1v) is 6.90. The van der Waals surface area contributed by atoms with Gasteiger partial charge < -0.3 is 10.8 Å². The summed E-state index contributed by atoms with van der Waals surface area (Å²) in [5, 5.41) is 9.76. The Morgan fingerprint density at radius 2 is 1.95 bits per heavy atom. The maximum absolute atomic E-state index is 13.7. The molecule has 0 aromatic heterocycles. The molecule has 0 atom stereocenters. The van der Waals surface area contributed by atoms with Crippen LogP contribution < -0.4 is 5.73 Å². The highest BCUT2D eigenvalue weighted by molar-refractivity contribution is 7.99. The maximum atomic E-state index is 13.7. The number of rotatable bonds is 4. The summed E-state index contributed by atoms with van der Waals surface area (Å²) >= 11 is 7.44. The summed E-state index contributed by atoms with van der Waals surface area (Å²) in [4.78, 5) is 1.44. The fraction of sp³-hybridized carbons (Fsp3) is 0.143. The van der Waals surface area contributed by atoms with E-state index in [-0.39, 0.29) is 19.0 Å². The van der Waals surface area contributed by atoms with E-state index < -0.39 is 0 Å². The van der Waals surface area contributed by atoms with Gasteiger partial charge in [0.05, 0.1) is 11.6 Å². The van der Waals surface area contributed by atoms with Gasteiger partial charge in [0.1, 0.15) is 5.82 Å². The average Bonchev–Trinajstić information content (AvgIpc) is 2.44. The van der Waals surface area contributed by atoms with E-state index in [1.165, 1.54) is 23.9 Å². The Bertz CT molecular complexity index is 592. The van der Waals surface area contributed by atoms with Gasteiger partial charge in [0.15, 0.2) is 0 Å². The van der Waals surface area contributed by atoms with Gasteiger partial charge in [-0.3, -0.25) is 0 Å². The molecule has 0 amide bonds. The van der Waals surface area contributed by atoms with E-state index >= 15 is 0 Å². The van der Waals surface area contributed by atoms with Gasteiger partial charge in [0.2, 0.25) is 0 Å². The van der Waals surface area contributed by atoms with Gasteiger partial charge in [-0.25, -0.2) is 4.39 Å². The Balaban J connectivity index is 2.46. The lowest BCUT2D eigenvalue weighted by atomic mass is 10.2. The Kier molecular flexibility index (Phi) is 4.82. The number of aliphatic hydroxyl groups is 1. The lowest BCUT2D eigenvalue weighted by Crippen LogP contribution is -2.02. The van der Waals surface area contributed by atoms with Crippen LogP contribution in [-0.2, 0) is 13.2 Å². The van der Waals surface area contributed by atoms with Crippen LogP contribution >= 0.6 is 23.4 Å². The first kappa shape index (κ1) is 14.3. The van der Waals surface area contributed by atoms with Gasteiger partial charge in [0.25, 0.3) is 0 Å². The van der Waals surface area contributed by atoms with Crippen LogP contribution in [0.15, 0.2) is 46.2 Å². The van der Waals surface area contributed by atoms with Gasteiger partial charge in [-0.15, -0.1) is 0 Å². The quantitative estimate of drug-likeness (QED) is 0.907. The van der Waals surface area contributed by atoms with Crippen molar-refractivity contribution in [3.63, 3.8) is 0 Å². The van der Waals surface area contributed by atoms with Crippen LogP contribution in [-0.4, -0.2) is 5.11 Å². The number of aliphatic hydroxyl groups excluding tert-OH is 1. The molecular weight excluding hydrogens is 285 g/mol. The van der Waals surface area contributed by atoms with Crippen LogP contribution in [0.2, 0.25) is 5.02 Å². The van der Waals surface area contributed by atoms with Crippen LogP contribution in [0.1, 0.15) is 11.1 Å². The summed E-state index contributed by atoms with van der Waals surface area (Å²) in [6.45, 7) is 0.00405. The van der Waals surface area contributed by atoms with Crippen molar-refractivity contribution >= 4 is 23.4 Å². The van der Waals surface area contributed by atoms with Crippen molar-refractivity contribution in [2.75, 3.05) is 0 Å². The molecule has 0 saturated carbocycles. The van der Waals surface area contributed by atoms with Crippen LogP contribution in [0.25, 0.3) is 0 Å². The van der Waals surface area contributed by atoms with Gasteiger partial charge >= 0.3 is 0 Å². The molecule has 0 bridgehead atoms. The molecule has 2 aromatic carbocycles.